The number of hydrogen-bond donors (Lipinski definition) is 1. The van der Waals surface area contributed by atoms with E-state index < -0.39 is 63.8 Å². The van der Waals surface area contributed by atoms with E-state index in [0.29, 0.717) is 33.5 Å². The number of ether oxygens (including phenoxy) is 1. The molecule has 0 spiro atoms. The number of benzene rings is 4. The monoisotopic (exact) mass is 680 g/mol. The molecule has 242 valence electrons. The van der Waals surface area contributed by atoms with Crippen molar-refractivity contribution in [1.29, 1.82) is 0 Å². The van der Waals surface area contributed by atoms with E-state index in [1.54, 1.807) is 44.2 Å². The highest BCUT2D eigenvalue weighted by Gasteiger charge is 2.73. The van der Waals surface area contributed by atoms with E-state index in [1.807, 2.05) is 48.5 Å². The van der Waals surface area contributed by atoms with Gasteiger partial charge in [0, 0.05) is 11.3 Å². The molecule has 10 heteroatoms. The van der Waals surface area contributed by atoms with Crippen molar-refractivity contribution < 1.29 is 28.7 Å². The number of imide groups is 1. The number of hydrogen-bond acceptors (Lipinski definition) is 6. The van der Waals surface area contributed by atoms with Crippen LogP contribution in [0.3, 0.4) is 0 Å². The number of esters is 1. The van der Waals surface area contributed by atoms with Crippen LogP contribution < -0.4 is 5.32 Å². The normalized spacial score (nSPS) is 24.1. The predicted octanol–water partition coefficient (Wildman–Crippen LogP) is 6.28. The molecule has 1 aliphatic heterocycles. The van der Waals surface area contributed by atoms with Gasteiger partial charge in [-0.3, -0.25) is 24.1 Å². The lowest BCUT2D eigenvalue weighted by atomic mass is 9.54. The molecule has 1 fully saturated rings. The van der Waals surface area contributed by atoms with Gasteiger partial charge >= 0.3 is 5.97 Å². The first-order valence-electron chi connectivity index (χ1n) is 15.6. The molecule has 3 aliphatic carbocycles. The number of likely N-dealkylation sites (tertiary alicyclic amines) is 1. The molecule has 0 unspecified atom stereocenters. The maximum atomic E-state index is 14.4. The van der Waals surface area contributed by atoms with Crippen LogP contribution in [0, 0.1) is 17.8 Å². The van der Waals surface area contributed by atoms with E-state index in [1.165, 1.54) is 24.3 Å². The fraction of sp³-hybridized carbons (Fsp3) is 0.237. The first-order chi connectivity index (χ1) is 23.0. The fourth-order valence-electron chi connectivity index (χ4n) is 7.51. The zero-order valence-corrected chi connectivity index (χ0v) is 27.5. The Morgan fingerprint density at radius 2 is 1.17 bits per heavy atom. The molecular formula is C38H30Cl2N2O6. The zero-order valence-electron chi connectivity index (χ0n) is 26.0. The Kier molecular flexibility index (Phi) is 7.76. The van der Waals surface area contributed by atoms with Crippen molar-refractivity contribution in [3.63, 3.8) is 0 Å². The molecule has 1 saturated heterocycles. The van der Waals surface area contributed by atoms with Gasteiger partial charge in [-0.1, -0.05) is 92.7 Å². The molecule has 0 radical (unpaired) electrons. The van der Waals surface area contributed by atoms with Gasteiger partial charge in [0.25, 0.3) is 0 Å². The van der Waals surface area contributed by atoms with E-state index in [4.69, 9.17) is 27.9 Å². The van der Waals surface area contributed by atoms with Gasteiger partial charge in [0.05, 0.1) is 17.4 Å². The molecule has 8 rings (SSSR count). The van der Waals surface area contributed by atoms with E-state index >= 15 is 0 Å². The van der Waals surface area contributed by atoms with Crippen molar-refractivity contribution in [3.05, 3.63) is 137 Å². The highest BCUT2D eigenvalue weighted by molar-refractivity contribution is 6.36. The van der Waals surface area contributed by atoms with Gasteiger partial charge in [0.2, 0.25) is 17.7 Å². The molecule has 48 heavy (non-hydrogen) atoms. The summed E-state index contributed by atoms with van der Waals surface area (Å²) in [6, 6.07) is 28.0. The number of rotatable bonds is 8. The van der Waals surface area contributed by atoms with Crippen LogP contribution in [0.25, 0.3) is 0 Å². The Morgan fingerprint density at radius 1 is 0.708 bits per heavy atom. The van der Waals surface area contributed by atoms with E-state index in [9.17, 15) is 24.0 Å². The summed E-state index contributed by atoms with van der Waals surface area (Å²) in [5, 5.41) is 2.79. The lowest BCUT2D eigenvalue weighted by molar-refractivity contribution is -0.148. The van der Waals surface area contributed by atoms with Crippen LogP contribution in [-0.4, -0.2) is 47.0 Å². The number of carbonyl (C=O) groups excluding carboxylic acids is 5. The summed E-state index contributed by atoms with van der Waals surface area (Å²) in [6.07, 6.45) is 0. The molecule has 8 nitrogen and oxygen atoms in total. The van der Waals surface area contributed by atoms with Crippen LogP contribution in [0.1, 0.15) is 56.8 Å². The summed E-state index contributed by atoms with van der Waals surface area (Å²) in [6.45, 7) is 3.10. The third kappa shape index (κ3) is 4.61. The van der Waals surface area contributed by atoms with Gasteiger partial charge in [-0.15, -0.1) is 23.2 Å². The maximum Gasteiger partial charge on any atom is 0.338 e. The van der Waals surface area contributed by atoms with Crippen molar-refractivity contribution in [2.75, 3.05) is 11.9 Å². The second-order valence-corrected chi connectivity index (χ2v) is 13.8. The molecule has 4 aromatic carbocycles. The Hall–Kier alpha value is -4.79. The van der Waals surface area contributed by atoms with Crippen molar-refractivity contribution in [2.24, 2.45) is 17.8 Å². The smallest absolute Gasteiger partial charge is 0.338 e. The Labute approximate surface area is 287 Å². The van der Waals surface area contributed by atoms with Crippen LogP contribution in [0.2, 0.25) is 0 Å². The quantitative estimate of drug-likeness (QED) is 0.102. The third-order valence-corrected chi connectivity index (χ3v) is 10.9. The topological polar surface area (TPSA) is 110 Å². The number of alkyl halides is 2. The Bertz CT molecular complexity index is 1870. The first-order valence-corrected chi connectivity index (χ1v) is 16.4. The molecular weight excluding hydrogens is 651 g/mol. The maximum absolute atomic E-state index is 14.4. The van der Waals surface area contributed by atoms with E-state index in [-0.39, 0.29) is 11.3 Å². The van der Waals surface area contributed by atoms with Crippen molar-refractivity contribution in [3.8, 4) is 0 Å². The van der Waals surface area contributed by atoms with Crippen LogP contribution >= 0.6 is 23.2 Å². The largest absolute Gasteiger partial charge is 0.454 e. The fourth-order valence-corrected chi connectivity index (χ4v) is 8.61. The molecule has 4 aliphatic rings. The summed E-state index contributed by atoms with van der Waals surface area (Å²) < 4.78 is 5.18. The van der Waals surface area contributed by atoms with Gasteiger partial charge in [-0.05, 0) is 52.4 Å². The van der Waals surface area contributed by atoms with Gasteiger partial charge in [0.1, 0.15) is 15.8 Å². The average Bonchev–Trinajstić information content (AvgIpc) is 3.37. The molecule has 1 heterocycles. The number of anilines is 1. The highest BCUT2D eigenvalue weighted by Crippen LogP contribution is 2.69. The minimum atomic E-state index is -1.36. The third-order valence-electron chi connectivity index (χ3n) is 9.62. The second-order valence-electron chi connectivity index (χ2n) is 12.6. The van der Waals surface area contributed by atoms with Crippen molar-refractivity contribution in [2.45, 2.75) is 29.6 Å². The molecule has 0 saturated carbocycles. The number of ketones is 1. The van der Waals surface area contributed by atoms with Crippen molar-refractivity contribution >= 4 is 58.4 Å². The number of Topliss-reactive ketones (excluding diaryl/α,β-unsaturated/α-hetero) is 1. The van der Waals surface area contributed by atoms with Crippen LogP contribution in [0.5, 0.6) is 0 Å². The number of amides is 3. The molecule has 3 atom stereocenters. The van der Waals surface area contributed by atoms with Crippen LogP contribution in [-0.2, 0) is 28.9 Å². The van der Waals surface area contributed by atoms with Gasteiger partial charge in [0.15, 0.2) is 12.4 Å². The zero-order chi connectivity index (χ0) is 34.0. The second kappa shape index (κ2) is 11.7. The molecule has 4 aromatic rings. The summed E-state index contributed by atoms with van der Waals surface area (Å²) in [5.41, 5.74) is 3.66. The number of nitrogens with zero attached hydrogens (tertiary/aromatic N) is 1. The molecule has 2 bridgehead atoms. The standard InChI is InChI=1S/C38H30Cl2N2O6/c1-21(2)32(33(44)41-24-18-16-23(17-19-24)36(47)48-20-29(43)22-10-4-3-5-11-22)42-34(45)30-31(35(42)46)38(40)26-13-7-6-12-25(26)37(30,39)27-14-8-9-15-28(27)38/h3-19,21,30-32H,20H2,1-2H3,(H,41,44)/t30-,31-,32-,37?,38?/m0/s1. The number of halogens is 2. The van der Waals surface area contributed by atoms with Gasteiger partial charge < -0.3 is 10.1 Å². The Balaban J connectivity index is 1.13. The number of nitrogens with one attached hydrogen (secondary N) is 1. The summed E-state index contributed by atoms with van der Waals surface area (Å²) in [7, 11) is 0. The molecule has 1 N–H and O–H groups in total. The minimum Gasteiger partial charge on any atom is -0.454 e. The SMILES string of the molecule is CC(C)[C@@H](C(=O)Nc1ccc(C(=O)OCC(=O)c2ccccc2)cc1)N1C(=O)[C@@H]2[C@@H](C1=O)C1(Cl)c3ccccc3C2(Cl)c2ccccc21. The van der Waals surface area contributed by atoms with Crippen LogP contribution in [0.4, 0.5) is 5.69 Å². The van der Waals surface area contributed by atoms with Crippen LogP contribution in [0.15, 0.2) is 103 Å². The van der Waals surface area contributed by atoms with Crippen molar-refractivity contribution in [1.82, 2.24) is 4.90 Å². The van der Waals surface area contributed by atoms with E-state index in [0.717, 1.165) is 4.90 Å². The molecule has 0 aromatic heterocycles. The minimum absolute atomic E-state index is 0.178. The Morgan fingerprint density at radius 3 is 1.62 bits per heavy atom. The lowest BCUT2D eigenvalue weighted by Gasteiger charge is -2.54. The average molecular weight is 682 g/mol. The summed E-state index contributed by atoms with van der Waals surface area (Å²) >= 11 is 15.1. The predicted molar refractivity (Wildman–Crippen MR) is 180 cm³/mol. The van der Waals surface area contributed by atoms with Gasteiger partial charge in [-0.2, -0.15) is 0 Å². The highest BCUT2D eigenvalue weighted by atomic mass is 35.5. The molecule has 3 amide bonds. The van der Waals surface area contributed by atoms with Gasteiger partial charge in [-0.25, -0.2) is 4.79 Å². The summed E-state index contributed by atoms with van der Waals surface area (Å²) in [5.74, 6) is -5.23. The lowest BCUT2D eigenvalue weighted by Crippen LogP contribution is -2.57. The first kappa shape index (κ1) is 31.8. The number of carbonyl (C=O) groups is 5. The summed E-state index contributed by atoms with van der Waals surface area (Å²) in [4.78, 5) is 66.0. The van der Waals surface area contributed by atoms with E-state index in [2.05, 4.69) is 5.32 Å².